The van der Waals surface area contributed by atoms with Crippen molar-refractivity contribution in [3.05, 3.63) is 36.0 Å². The van der Waals surface area contributed by atoms with Crippen LogP contribution in [0.1, 0.15) is 60.3 Å². The molecular weight excluding hydrogens is 530 g/mol. The Labute approximate surface area is 235 Å². The summed E-state index contributed by atoms with van der Waals surface area (Å²) >= 11 is 5.88. The Morgan fingerprint density at radius 2 is 1.90 bits per heavy atom. The van der Waals surface area contributed by atoms with Gasteiger partial charge in [-0.25, -0.2) is 0 Å². The molecule has 2 aliphatic heterocycles. The van der Waals surface area contributed by atoms with E-state index in [1.54, 1.807) is 19.1 Å². The summed E-state index contributed by atoms with van der Waals surface area (Å²) in [5.41, 5.74) is -0.761. The standard InChI is InChI=1S/C28H42ClNO9/c1-16(7-10-24-27(35)28(36,15-29)14-21(39-24)13-26(33)34)6-9-23-17(2)12-22(19(4)38-23)30-25(32)11-8-18(3)37-20(5)31/h6-8,10-11,17-19,21-24,27,35-36H,9,12-15H2,1-5H3,(H,30,32)(H,33,34)/b10-7+,11-8-,16-6+/t17-,18-,19+,21?,22+,23-,24+,27?,28?/m0/s1. The van der Waals surface area contributed by atoms with Gasteiger partial charge < -0.3 is 34.8 Å². The van der Waals surface area contributed by atoms with E-state index in [4.69, 9.17) is 30.9 Å². The largest absolute Gasteiger partial charge is 0.481 e. The maximum atomic E-state index is 12.3. The van der Waals surface area contributed by atoms with E-state index in [1.807, 2.05) is 19.9 Å². The number of amides is 1. The number of rotatable bonds is 11. The van der Waals surface area contributed by atoms with Gasteiger partial charge >= 0.3 is 11.9 Å². The molecular formula is C28H42ClNO9. The molecule has 10 nitrogen and oxygen atoms in total. The maximum Gasteiger partial charge on any atom is 0.305 e. The Morgan fingerprint density at radius 1 is 1.21 bits per heavy atom. The second-order valence-corrected chi connectivity index (χ2v) is 10.9. The summed E-state index contributed by atoms with van der Waals surface area (Å²) in [5, 5.41) is 33.3. The lowest BCUT2D eigenvalue weighted by Gasteiger charge is -2.43. The maximum absolute atomic E-state index is 12.3. The van der Waals surface area contributed by atoms with Crippen molar-refractivity contribution in [2.24, 2.45) is 5.92 Å². The minimum Gasteiger partial charge on any atom is -0.481 e. The van der Waals surface area contributed by atoms with Crippen LogP contribution in [0.2, 0.25) is 0 Å². The normalized spacial score (nSPS) is 34.7. The van der Waals surface area contributed by atoms with Crippen LogP contribution in [0.15, 0.2) is 36.0 Å². The summed E-state index contributed by atoms with van der Waals surface area (Å²) in [6.45, 7) is 8.85. The fourth-order valence-electron chi connectivity index (χ4n) is 4.85. The number of alkyl halides is 1. The number of carboxylic acids is 1. The monoisotopic (exact) mass is 571 g/mol. The smallest absolute Gasteiger partial charge is 0.305 e. The molecule has 2 fully saturated rings. The van der Waals surface area contributed by atoms with Gasteiger partial charge in [0.2, 0.25) is 5.91 Å². The number of hydrogen-bond donors (Lipinski definition) is 4. The fraction of sp³-hybridized carbons (Fsp3) is 0.679. The second-order valence-electron chi connectivity index (χ2n) is 10.6. The van der Waals surface area contributed by atoms with E-state index in [0.29, 0.717) is 6.42 Å². The first-order valence-corrected chi connectivity index (χ1v) is 13.8. The van der Waals surface area contributed by atoms with Gasteiger partial charge in [0.1, 0.15) is 23.9 Å². The molecule has 4 N–H and O–H groups in total. The number of hydrogen-bond acceptors (Lipinski definition) is 8. The molecule has 2 heterocycles. The van der Waals surface area contributed by atoms with Crippen LogP contribution >= 0.6 is 11.6 Å². The van der Waals surface area contributed by atoms with Crippen LogP contribution in [-0.2, 0) is 28.6 Å². The summed E-state index contributed by atoms with van der Waals surface area (Å²) < 4.78 is 16.9. The summed E-state index contributed by atoms with van der Waals surface area (Å²) in [5.74, 6) is -1.82. The molecule has 2 aliphatic rings. The highest BCUT2D eigenvalue weighted by atomic mass is 35.5. The molecule has 0 bridgehead atoms. The number of aliphatic hydroxyl groups excluding tert-OH is 1. The molecule has 0 aromatic rings. The molecule has 3 unspecified atom stereocenters. The van der Waals surface area contributed by atoms with Crippen LogP contribution in [0, 0.1) is 5.92 Å². The first-order valence-electron chi connectivity index (χ1n) is 13.2. The number of halogens is 1. The highest BCUT2D eigenvalue weighted by Gasteiger charge is 2.47. The Bertz CT molecular complexity index is 951. The van der Waals surface area contributed by atoms with Crippen molar-refractivity contribution >= 4 is 29.4 Å². The molecule has 39 heavy (non-hydrogen) atoms. The van der Waals surface area contributed by atoms with Crippen LogP contribution in [0.25, 0.3) is 0 Å². The third-order valence-corrected chi connectivity index (χ3v) is 7.52. The Hall–Kier alpha value is -2.24. The Morgan fingerprint density at radius 3 is 2.51 bits per heavy atom. The number of esters is 1. The van der Waals surface area contributed by atoms with Gasteiger partial charge in [0.25, 0.3) is 0 Å². The zero-order chi connectivity index (χ0) is 29.3. The van der Waals surface area contributed by atoms with Gasteiger partial charge in [0, 0.05) is 19.4 Å². The van der Waals surface area contributed by atoms with Gasteiger partial charge in [-0.3, -0.25) is 14.4 Å². The fourth-order valence-corrected chi connectivity index (χ4v) is 5.12. The Balaban J connectivity index is 1.93. The van der Waals surface area contributed by atoms with Crippen LogP contribution in [-0.4, -0.2) is 87.3 Å². The number of aliphatic carboxylic acids is 1. The van der Waals surface area contributed by atoms with Gasteiger partial charge in [0.15, 0.2) is 0 Å². The van der Waals surface area contributed by atoms with Crippen molar-refractivity contribution in [1.29, 1.82) is 0 Å². The molecule has 220 valence electrons. The zero-order valence-electron chi connectivity index (χ0n) is 23.2. The number of carbonyl (C=O) groups is 3. The summed E-state index contributed by atoms with van der Waals surface area (Å²) in [4.78, 5) is 34.4. The molecule has 0 spiro atoms. The molecule has 2 rings (SSSR count). The predicted molar refractivity (Wildman–Crippen MR) is 145 cm³/mol. The molecule has 11 heteroatoms. The van der Waals surface area contributed by atoms with Crippen LogP contribution < -0.4 is 5.32 Å². The molecule has 0 aromatic carbocycles. The average molecular weight is 572 g/mol. The van der Waals surface area contributed by atoms with E-state index in [2.05, 4.69) is 12.2 Å². The number of nitrogens with one attached hydrogen (secondary N) is 1. The minimum atomic E-state index is -1.64. The Kier molecular flexibility index (Phi) is 12.6. The molecule has 1 amide bonds. The highest BCUT2D eigenvalue weighted by molar-refractivity contribution is 6.18. The van der Waals surface area contributed by atoms with E-state index in [0.717, 1.165) is 12.0 Å². The first-order chi connectivity index (χ1) is 18.2. The summed E-state index contributed by atoms with van der Waals surface area (Å²) in [6, 6.07) is -0.160. The van der Waals surface area contributed by atoms with Gasteiger partial charge in [-0.2, -0.15) is 0 Å². The van der Waals surface area contributed by atoms with Crippen LogP contribution in [0.4, 0.5) is 0 Å². The zero-order valence-corrected chi connectivity index (χ0v) is 24.0. The SMILES string of the molecule is CC(=O)O[C@@H](C)/C=C\C(=O)N[C@@H]1C[C@H](C)[C@H](C/C=C(C)/C=C/[C@H]2OC(CC(=O)O)CC(O)(CCl)C2O)O[C@@H]1C. The quantitative estimate of drug-likeness (QED) is 0.127. The van der Waals surface area contributed by atoms with Gasteiger partial charge in [-0.1, -0.05) is 30.7 Å². The predicted octanol–water partition coefficient (Wildman–Crippen LogP) is 2.65. The van der Waals surface area contributed by atoms with Crippen molar-refractivity contribution in [1.82, 2.24) is 5.32 Å². The van der Waals surface area contributed by atoms with Crippen LogP contribution in [0.5, 0.6) is 0 Å². The highest BCUT2D eigenvalue weighted by Crippen LogP contribution is 2.33. The van der Waals surface area contributed by atoms with E-state index in [1.165, 1.54) is 19.1 Å². The van der Waals surface area contributed by atoms with E-state index in [-0.39, 0.29) is 48.8 Å². The number of carbonyl (C=O) groups excluding carboxylic acids is 2. The lowest BCUT2D eigenvalue weighted by Crippen LogP contribution is -2.58. The van der Waals surface area contributed by atoms with Gasteiger partial charge in [0.05, 0.1) is 36.7 Å². The first kappa shape index (κ1) is 33.0. The average Bonchev–Trinajstić information content (AvgIpc) is 2.84. The number of ether oxygens (including phenoxy) is 3. The van der Waals surface area contributed by atoms with Crippen LogP contribution in [0.3, 0.4) is 0 Å². The third-order valence-electron chi connectivity index (χ3n) is 7.06. The number of carboxylic acid groups (broad SMARTS) is 1. The molecule has 2 saturated heterocycles. The topological polar surface area (TPSA) is 152 Å². The van der Waals surface area contributed by atoms with Crippen molar-refractivity contribution in [2.75, 3.05) is 5.88 Å². The van der Waals surface area contributed by atoms with Gasteiger partial charge in [-0.15, -0.1) is 11.6 Å². The molecule has 0 aliphatic carbocycles. The molecule has 9 atom stereocenters. The summed E-state index contributed by atoms with van der Waals surface area (Å²) in [6.07, 6.45) is 5.52. The molecule has 0 saturated carbocycles. The van der Waals surface area contributed by atoms with Crippen molar-refractivity contribution < 1.29 is 43.9 Å². The van der Waals surface area contributed by atoms with E-state index >= 15 is 0 Å². The van der Waals surface area contributed by atoms with E-state index < -0.39 is 42.0 Å². The van der Waals surface area contributed by atoms with E-state index in [9.17, 15) is 24.6 Å². The molecule has 0 aromatic heterocycles. The lowest BCUT2D eigenvalue weighted by molar-refractivity contribution is -0.197. The summed E-state index contributed by atoms with van der Waals surface area (Å²) in [7, 11) is 0. The van der Waals surface area contributed by atoms with Crippen molar-refractivity contribution in [2.45, 2.75) is 109 Å². The lowest BCUT2D eigenvalue weighted by atomic mass is 9.84. The number of allylic oxidation sites excluding steroid dienone is 2. The second kappa shape index (κ2) is 14.9. The number of aliphatic hydroxyl groups is 2. The molecule has 0 radical (unpaired) electrons. The third kappa shape index (κ3) is 10.3. The minimum absolute atomic E-state index is 0.0613. The van der Waals surface area contributed by atoms with Crippen molar-refractivity contribution in [3.8, 4) is 0 Å². The van der Waals surface area contributed by atoms with Gasteiger partial charge in [-0.05, 0) is 45.6 Å². The van der Waals surface area contributed by atoms with Crippen molar-refractivity contribution in [3.63, 3.8) is 0 Å².